The van der Waals surface area contributed by atoms with E-state index in [2.05, 4.69) is 5.16 Å². The van der Waals surface area contributed by atoms with Gasteiger partial charge in [0.15, 0.2) is 5.82 Å². The third-order valence-corrected chi connectivity index (χ3v) is 3.96. The average molecular weight is 317 g/mol. The van der Waals surface area contributed by atoms with E-state index in [1.165, 1.54) is 4.57 Å². The van der Waals surface area contributed by atoms with Gasteiger partial charge in [-0.1, -0.05) is 42.4 Å². The Labute approximate surface area is 133 Å². The highest BCUT2D eigenvalue weighted by atomic mass is 16.5. The normalized spacial score (nSPS) is 18.1. The summed E-state index contributed by atoms with van der Waals surface area (Å²) in [6.45, 7) is 3.56. The van der Waals surface area contributed by atoms with Crippen molar-refractivity contribution in [2.75, 3.05) is 19.7 Å². The van der Waals surface area contributed by atoms with Crippen LogP contribution in [0.3, 0.4) is 0 Å². The molecule has 0 saturated carbocycles. The first-order chi connectivity index (χ1) is 11.2. The lowest BCUT2D eigenvalue weighted by Crippen LogP contribution is -2.47. The molecule has 0 bridgehead atoms. The first-order valence-electron chi connectivity index (χ1n) is 7.70. The van der Waals surface area contributed by atoms with Crippen molar-refractivity contribution in [2.45, 2.75) is 26.0 Å². The predicted octanol–water partition coefficient (Wildman–Crippen LogP) is 1.14. The van der Waals surface area contributed by atoms with Crippen LogP contribution in [0.15, 0.2) is 39.6 Å². The number of carbonyl (C=O) groups is 1. The molecule has 1 fully saturated rings. The Morgan fingerprint density at radius 3 is 2.87 bits per heavy atom. The molecule has 1 aliphatic heterocycles. The molecule has 0 radical (unpaired) electrons. The molecule has 0 aliphatic carbocycles. The third kappa shape index (κ3) is 3.34. The molecule has 7 nitrogen and oxygen atoms in total. The van der Waals surface area contributed by atoms with E-state index in [0.717, 1.165) is 12.0 Å². The largest absolute Gasteiger partial charge is 0.442 e. The van der Waals surface area contributed by atoms with Crippen molar-refractivity contribution < 1.29 is 14.1 Å². The summed E-state index contributed by atoms with van der Waals surface area (Å²) in [7, 11) is 0. The number of nitrogens with zero attached hydrogens (tertiary/aromatic N) is 3. The Hall–Kier alpha value is -2.41. The number of rotatable bonds is 4. The maximum atomic E-state index is 12.5. The number of amides is 1. The van der Waals surface area contributed by atoms with Crippen LogP contribution in [0.5, 0.6) is 0 Å². The molecule has 1 aromatic carbocycles. The predicted molar refractivity (Wildman–Crippen MR) is 82.8 cm³/mol. The van der Waals surface area contributed by atoms with Gasteiger partial charge in [0.2, 0.25) is 5.91 Å². The summed E-state index contributed by atoms with van der Waals surface area (Å²) in [5.74, 6) is -0.393. The van der Waals surface area contributed by atoms with E-state index >= 15 is 0 Å². The molecular weight excluding hydrogens is 298 g/mol. The summed E-state index contributed by atoms with van der Waals surface area (Å²) < 4.78 is 11.6. The molecule has 122 valence electrons. The summed E-state index contributed by atoms with van der Waals surface area (Å²) in [4.78, 5) is 26.1. The van der Waals surface area contributed by atoms with Crippen LogP contribution in [0.1, 0.15) is 13.3 Å². The monoisotopic (exact) mass is 317 g/mol. The highest BCUT2D eigenvalue weighted by molar-refractivity contribution is 5.76. The highest BCUT2D eigenvalue weighted by Gasteiger charge is 2.25. The maximum absolute atomic E-state index is 12.5. The van der Waals surface area contributed by atoms with E-state index in [9.17, 15) is 9.59 Å². The van der Waals surface area contributed by atoms with Crippen molar-refractivity contribution >= 4 is 5.91 Å². The van der Waals surface area contributed by atoms with Gasteiger partial charge in [0.25, 0.3) is 0 Å². The quantitative estimate of drug-likeness (QED) is 0.845. The SMILES string of the molecule is CC[C@H]1CN(C(=O)Cn2c(-c3ccccc3)noc2=O)CCO1. The van der Waals surface area contributed by atoms with Crippen LogP contribution in [0, 0.1) is 0 Å². The second-order valence-corrected chi connectivity index (χ2v) is 5.47. The molecule has 0 N–H and O–H groups in total. The second kappa shape index (κ2) is 6.78. The Morgan fingerprint density at radius 2 is 2.13 bits per heavy atom. The first kappa shape index (κ1) is 15.5. The molecule has 7 heteroatoms. The maximum Gasteiger partial charge on any atom is 0.442 e. The van der Waals surface area contributed by atoms with Gasteiger partial charge in [-0.3, -0.25) is 9.32 Å². The Balaban J connectivity index is 1.79. The number of carbonyl (C=O) groups excluding carboxylic acids is 1. The summed E-state index contributed by atoms with van der Waals surface area (Å²) in [6, 6.07) is 9.19. The van der Waals surface area contributed by atoms with Gasteiger partial charge < -0.3 is 9.64 Å². The molecule has 2 aromatic rings. The molecule has 1 aromatic heterocycles. The topological polar surface area (TPSA) is 77.6 Å². The number of ether oxygens (including phenoxy) is 1. The highest BCUT2D eigenvalue weighted by Crippen LogP contribution is 2.15. The molecule has 1 amide bonds. The van der Waals surface area contributed by atoms with Gasteiger partial charge in [-0.15, -0.1) is 0 Å². The first-order valence-corrected chi connectivity index (χ1v) is 7.70. The molecule has 2 heterocycles. The van der Waals surface area contributed by atoms with Crippen LogP contribution < -0.4 is 5.76 Å². The smallest absolute Gasteiger partial charge is 0.375 e. The van der Waals surface area contributed by atoms with Gasteiger partial charge >= 0.3 is 5.76 Å². The van der Waals surface area contributed by atoms with E-state index in [-0.39, 0.29) is 18.6 Å². The second-order valence-electron chi connectivity index (χ2n) is 5.47. The van der Waals surface area contributed by atoms with Crippen LogP contribution in [-0.2, 0) is 16.1 Å². The van der Waals surface area contributed by atoms with Crippen LogP contribution in [0.2, 0.25) is 0 Å². The summed E-state index contributed by atoms with van der Waals surface area (Å²) in [5.41, 5.74) is 0.736. The molecule has 0 spiro atoms. The van der Waals surface area contributed by atoms with E-state index in [4.69, 9.17) is 9.26 Å². The lowest BCUT2D eigenvalue weighted by molar-refractivity contribution is -0.139. The fourth-order valence-electron chi connectivity index (χ4n) is 2.63. The molecule has 1 atom stereocenters. The molecule has 23 heavy (non-hydrogen) atoms. The van der Waals surface area contributed by atoms with Crippen molar-refractivity contribution in [1.29, 1.82) is 0 Å². The van der Waals surface area contributed by atoms with E-state index < -0.39 is 5.76 Å². The zero-order valence-corrected chi connectivity index (χ0v) is 13.0. The van der Waals surface area contributed by atoms with Gasteiger partial charge in [-0.25, -0.2) is 9.36 Å². The van der Waals surface area contributed by atoms with E-state index in [0.29, 0.717) is 25.5 Å². The van der Waals surface area contributed by atoms with Crippen LogP contribution in [-0.4, -0.2) is 46.3 Å². The number of benzene rings is 1. The zero-order chi connectivity index (χ0) is 16.2. The minimum absolute atomic E-state index is 0.0560. The number of aromatic nitrogens is 2. The zero-order valence-electron chi connectivity index (χ0n) is 13.0. The minimum atomic E-state index is -0.627. The van der Waals surface area contributed by atoms with E-state index in [1.807, 2.05) is 37.3 Å². The Bertz CT molecular complexity index is 722. The molecule has 1 saturated heterocycles. The summed E-state index contributed by atoms with van der Waals surface area (Å²) in [6.07, 6.45) is 0.909. The van der Waals surface area contributed by atoms with Crippen molar-refractivity contribution in [3.05, 3.63) is 40.9 Å². The van der Waals surface area contributed by atoms with Crippen molar-refractivity contribution in [1.82, 2.24) is 14.6 Å². The van der Waals surface area contributed by atoms with Gasteiger partial charge in [-0.05, 0) is 6.42 Å². The Morgan fingerprint density at radius 1 is 1.35 bits per heavy atom. The van der Waals surface area contributed by atoms with Crippen LogP contribution in [0.4, 0.5) is 0 Å². The van der Waals surface area contributed by atoms with Crippen molar-refractivity contribution in [3.63, 3.8) is 0 Å². The lowest BCUT2D eigenvalue weighted by atomic mass is 10.2. The fourth-order valence-corrected chi connectivity index (χ4v) is 2.63. The van der Waals surface area contributed by atoms with Gasteiger partial charge in [0, 0.05) is 18.7 Å². The van der Waals surface area contributed by atoms with Crippen LogP contribution in [0.25, 0.3) is 11.4 Å². The van der Waals surface area contributed by atoms with Gasteiger partial charge in [-0.2, -0.15) is 0 Å². The molecule has 3 rings (SSSR count). The lowest BCUT2D eigenvalue weighted by Gasteiger charge is -2.32. The molecular formula is C16H19N3O4. The summed E-state index contributed by atoms with van der Waals surface area (Å²) in [5, 5.41) is 3.80. The van der Waals surface area contributed by atoms with Crippen molar-refractivity contribution in [2.24, 2.45) is 0 Å². The molecule has 1 aliphatic rings. The van der Waals surface area contributed by atoms with Gasteiger partial charge in [0.05, 0.1) is 12.7 Å². The average Bonchev–Trinajstić information content (AvgIpc) is 2.96. The Kier molecular flexibility index (Phi) is 4.57. The summed E-state index contributed by atoms with van der Waals surface area (Å²) >= 11 is 0. The fraction of sp³-hybridized carbons (Fsp3) is 0.438. The molecule has 0 unspecified atom stereocenters. The third-order valence-electron chi connectivity index (χ3n) is 3.96. The van der Waals surface area contributed by atoms with Gasteiger partial charge in [0.1, 0.15) is 6.54 Å². The van der Waals surface area contributed by atoms with Crippen molar-refractivity contribution in [3.8, 4) is 11.4 Å². The van der Waals surface area contributed by atoms with Crippen LogP contribution >= 0.6 is 0 Å². The van der Waals surface area contributed by atoms with E-state index in [1.54, 1.807) is 4.90 Å². The minimum Gasteiger partial charge on any atom is -0.375 e. The number of hydrogen-bond donors (Lipinski definition) is 0. The standard InChI is InChI=1S/C16H19N3O4/c1-2-13-10-18(8-9-22-13)14(20)11-19-15(17-23-16(19)21)12-6-4-3-5-7-12/h3-7,13H,2,8-11H2,1H3/t13-/m0/s1. The number of morpholine rings is 1. The number of hydrogen-bond acceptors (Lipinski definition) is 5.